The number of thiocarbonyl (C=S) groups is 1. The first-order valence-corrected chi connectivity index (χ1v) is 9.43. The van der Waals surface area contributed by atoms with E-state index in [1.807, 2.05) is 60.3 Å². The summed E-state index contributed by atoms with van der Waals surface area (Å²) in [5, 5.41) is 12.5. The highest BCUT2D eigenvalue weighted by atomic mass is 32.1. The number of nitrogens with zero attached hydrogens (tertiary/aromatic N) is 3. The van der Waals surface area contributed by atoms with Gasteiger partial charge in [0.05, 0.1) is 19.9 Å². The van der Waals surface area contributed by atoms with E-state index in [1.165, 1.54) is 5.56 Å². The van der Waals surface area contributed by atoms with Gasteiger partial charge in [0.1, 0.15) is 11.4 Å². The van der Waals surface area contributed by atoms with Crippen molar-refractivity contribution < 1.29 is 4.74 Å². The number of hydrogen-bond donors (Lipinski definition) is 2. The predicted octanol–water partition coefficient (Wildman–Crippen LogP) is 3.42. The number of ether oxygens (including phenoxy) is 1. The molecule has 0 amide bonds. The number of rotatable bonds is 7. The van der Waals surface area contributed by atoms with Gasteiger partial charge in [-0.1, -0.05) is 30.3 Å². The first-order valence-electron chi connectivity index (χ1n) is 9.02. The van der Waals surface area contributed by atoms with Crippen molar-refractivity contribution in [3.05, 3.63) is 71.9 Å². The Labute approximate surface area is 170 Å². The minimum absolute atomic E-state index is 0.487. The van der Waals surface area contributed by atoms with Crippen molar-refractivity contribution in [2.75, 3.05) is 13.7 Å². The highest BCUT2D eigenvalue weighted by molar-refractivity contribution is 7.80. The van der Waals surface area contributed by atoms with Crippen LogP contribution in [-0.2, 0) is 6.54 Å². The zero-order valence-electron chi connectivity index (χ0n) is 15.9. The lowest BCUT2D eigenvalue weighted by Crippen LogP contribution is -2.31. The Morgan fingerprint density at radius 2 is 1.93 bits per heavy atom. The van der Waals surface area contributed by atoms with Crippen LogP contribution in [0.2, 0.25) is 0 Å². The smallest absolute Gasteiger partial charge is 0.186 e. The fraction of sp³-hybridized carbons (Fsp3) is 0.190. The Hall–Kier alpha value is -3.19. The van der Waals surface area contributed by atoms with Gasteiger partial charge in [0, 0.05) is 23.9 Å². The highest BCUT2D eigenvalue weighted by Crippen LogP contribution is 2.24. The lowest BCUT2D eigenvalue weighted by atomic mass is 10.1. The molecule has 0 aliphatic rings. The van der Waals surface area contributed by atoms with Crippen molar-refractivity contribution >= 4 is 23.5 Å². The monoisotopic (exact) mass is 393 g/mol. The molecule has 0 unspecified atom stereocenters. The number of aromatic nitrogens is 2. The lowest BCUT2D eigenvalue weighted by molar-refractivity contribution is 0.415. The summed E-state index contributed by atoms with van der Waals surface area (Å²) in [6, 6.07) is 18.0. The lowest BCUT2D eigenvalue weighted by Gasteiger charge is -2.03. The van der Waals surface area contributed by atoms with Gasteiger partial charge in [0.2, 0.25) is 0 Å². The maximum atomic E-state index is 5.25. The molecule has 0 aliphatic heterocycles. The molecule has 2 aromatic carbocycles. The molecule has 0 saturated heterocycles. The van der Waals surface area contributed by atoms with Gasteiger partial charge in [0.25, 0.3) is 0 Å². The fourth-order valence-electron chi connectivity index (χ4n) is 2.72. The van der Waals surface area contributed by atoms with Crippen LogP contribution >= 0.6 is 12.2 Å². The molecule has 0 aliphatic carbocycles. The van der Waals surface area contributed by atoms with Crippen LogP contribution in [0.25, 0.3) is 11.3 Å². The molecule has 3 aromatic rings. The van der Waals surface area contributed by atoms with Gasteiger partial charge < -0.3 is 10.1 Å². The van der Waals surface area contributed by atoms with Crippen molar-refractivity contribution in [3.8, 4) is 17.0 Å². The Morgan fingerprint density at radius 3 is 2.61 bits per heavy atom. The summed E-state index contributed by atoms with van der Waals surface area (Å²) in [5.41, 5.74) is 6.73. The largest absolute Gasteiger partial charge is 0.497 e. The molecule has 0 fully saturated rings. The molecule has 0 bridgehead atoms. The fourth-order valence-corrected chi connectivity index (χ4v) is 2.91. The number of methoxy groups -OCH3 is 1. The van der Waals surface area contributed by atoms with E-state index >= 15 is 0 Å². The molecular formula is C21H23N5OS. The third-order valence-corrected chi connectivity index (χ3v) is 4.28. The van der Waals surface area contributed by atoms with Gasteiger partial charge in [0.15, 0.2) is 5.11 Å². The zero-order valence-corrected chi connectivity index (χ0v) is 16.7. The standard InChI is InChI=1S/C21H23N5OS/c1-3-22-21(28)24-23-13-18-15-26(14-16-7-5-4-6-8-16)25-20(18)17-9-11-19(27-2)12-10-17/h4-13,15H,3,14H2,1-2H3,(H2,22,24,28)/b23-13-. The number of benzene rings is 2. The molecular weight excluding hydrogens is 370 g/mol. The molecule has 1 heterocycles. The van der Waals surface area contributed by atoms with E-state index in [0.29, 0.717) is 11.7 Å². The summed E-state index contributed by atoms with van der Waals surface area (Å²) in [4.78, 5) is 0. The summed E-state index contributed by atoms with van der Waals surface area (Å²) in [6.07, 6.45) is 3.71. The molecule has 7 heteroatoms. The van der Waals surface area contributed by atoms with E-state index in [4.69, 9.17) is 22.1 Å². The third-order valence-electron chi connectivity index (χ3n) is 4.05. The molecule has 0 radical (unpaired) electrons. The van der Waals surface area contributed by atoms with Crippen LogP contribution in [-0.4, -0.2) is 34.8 Å². The highest BCUT2D eigenvalue weighted by Gasteiger charge is 2.11. The van der Waals surface area contributed by atoms with E-state index in [0.717, 1.165) is 29.1 Å². The first-order chi connectivity index (χ1) is 13.7. The van der Waals surface area contributed by atoms with Crippen molar-refractivity contribution in [2.45, 2.75) is 13.5 Å². The van der Waals surface area contributed by atoms with E-state index in [-0.39, 0.29) is 0 Å². The average Bonchev–Trinajstić information content (AvgIpc) is 3.11. The van der Waals surface area contributed by atoms with Crippen LogP contribution in [0.1, 0.15) is 18.1 Å². The summed E-state index contributed by atoms with van der Waals surface area (Å²) in [5.74, 6) is 0.806. The van der Waals surface area contributed by atoms with Crippen LogP contribution in [0, 0.1) is 0 Å². The van der Waals surface area contributed by atoms with Crippen LogP contribution < -0.4 is 15.5 Å². The molecule has 144 valence electrons. The van der Waals surface area contributed by atoms with Crippen molar-refractivity contribution in [2.24, 2.45) is 5.10 Å². The van der Waals surface area contributed by atoms with Gasteiger partial charge in [-0.15, -0.1) is 0 Å². The van der Waals surface area contributed by atoms with Gasteiger partial charge in [-0.2, -0.15) is 10.2 Å². The van der Waals surface area contributed by atoms with Crippen molar-refractivity contribution in [1.82, 2.24) is 20.5 Å². The molecule has 28 heavy (non-hydrogen) atoms. The summed E-state index contributed by atoms with van der Waals surface area (Å²) in [7, 11) is 1.65. The summed E-state index contributed by atoms with van der Waals surface area (Å²) in [6.45, 7) is 3.40. The third kappa shape index (κ3) is 5.17. The second-order valence-corrected chi connectivity index (χ2v) is 6.48. The summed E-state index contributed by atoms with van der Waals surface area (Å²) >= 11 is 5.14. The molecule has 0 atom stereocenters. The van der Waals surface area contributed by atoms with E-state index in [2.05, 4.69) is 28.0 Å². The quantitative estimate of drug-likeness (QED) is 0.366. The zero-order chi connectivity index (χ0) is 19.8. The Morgan fingerprint density at radius 1 is 1.18 bits per heavy atom. The molecule has 6 nitrogen and oxygen atoms in total. The number of hydrazone groups is 1. The Bertz CT molecular complexity index is 935. The predicted molar refractivity (Wildman–Crippen MR) is 117 cm³/mol. The number of hydrogen-bond acceptors (Lipinski definition) is 4. The topological polar surface area (TPSA) is 63.5 Å². The van der Waals surface area contributed by atoms with Crippen LogP contribution in [0.5, 0.6) is 5.75 Å². The van der Waals surface area contributed by atoms with E-state index < -0.39 is 0 Å². The van der Waals surface area contributed by atoms with Crippen molar-refractivity contribution in [3.63, 3.8) is 0 Å². The van der Waals surface area contributed by atoms with Gasteiger partial charge in [-0.3, -0.25) is 10.1 Å². The van der Waals surface area contributed by atoms with E-state index in [1.54, 1.807) is 13.3 Å². The van der Waals surface area contributed by atoms with Crippen LogP contribution in [0.4, 0.5) is 0 Å². The Balaban J connectivity index is 1.88. The van der Waals surface area contributed by atoms with Crippen LogP contribution in [0.15, 0.2) is 65.9 Å². The molecule has 0 spiro atoms. The SMILES string of the molecule is CCNC(=S)N/N=C\c1cn(Cc2ccccc2)nc1-c1ccc(OC)cc1. The Kier molecular flexibility index (Phi) is 6.75. The molecule has 3 rings (SSSR count). The van der Waals surface area contributed by atoms with Crippen LogP contribution in [0.3, 0.4) is 0 Å². The van der Waals surface area contributed by atoms with Gasteiger partial charge in [-0.25, -0.2) is 0 Å². The molecule has 2 N–H and O–H groups in total. The molecule has 0 saturated carbocycles. The average molecular weight is 394 g/mol. The maximum absolute atomic E-state index is 5.25. The summed E-state index contributed by atoms with van der Waals surface area (Å²) < 4.78 is 7.17. The van der Waals surface area contributed by atoms with Gasteiger partial charge in [-0.05, 0) is 49.0 Å². The second kappa shape index (κ2) is 9.66. The minimum atomic E-state index is 0.487. The normalized spacial score (nSPS) is 10.8. The van der Waals surface area contributed by atoms with Crippen molar-refractivity contribution in [1.29, 1.82) is 0 Å². The maximum Gasteiger partial charge on any atom is 0.186 e. The number of nitrogens with one attached hydrogen (secondary N) is 2. The first kappa shape index (κ1) is 19.6. The van der Waals surface area contributed by atoms with Gasteiger partial charge >= 0.3 is 0 Å². The minimum Gasteiger partial charge on any atom is -0.497 e. The second-order valence-electron chi connectivity index (χ2n) is 6.07. The van der Waals surface area contributed by atoms with E-state index in [9.17, 15) is 0 Å². The molecule has 1 aromatic heterocycles.